The van der Waals surface area contributed by atoms with E-state index in [9.17, 15) is 0 Å². The minimum atomic E-state index is 0. The Morgan fingerprint density at radius 1 is 0.0588 bits per heavy atom. The third-order valence-corrected chi connectivity index (χ3v) is 0. The van der Waals surface area contributed by atoms with E-state index in [1.54, 1.807) is 0 Å². The van der Waals surface area contributed by atoms with E-state index >= 15 is 0 Å². The van der Waals surface area contributed by atoms with Crippen molar-refractivity contribution >= 4 is 502 Å². The Balaban J connectivity index is 0. The van der Waals surface area contributed by atoms with Crippen molar-refractivity contribution in [3.05, 3.63) is 0 Å². The van der Waals surface area contributed by atoms with Gasteiger partial charge in [0, 0.05) is 502 Å². The van der Waals surface area contributed by atoms with Crippen molar-refractivity contribution in [1.82, 2.24) is 0 Å². The molecule has 0 aromatic rings. The molecule has 17 heavy (non-hydrogen) atoms. The summed E-state index contributed by atoms with van der Waals surface area (Å²) in [5.74, 6) is 0. The van der Waals surface area contributed by atoms with Gasteiger partial charge in [0.1, 0.15) is 0 Å². The van der Waals surface area contributed by atoms with Gasteiger partial charge in [0.25, 0.3) is 0 Å². The van der Waals surface area contributed by atoms with Gasteiger partial charge in [-0.3, -0.25) is 0 Å². The topological polar surface area (TPSA) is 0 Å². The first-order valence-corrected chi connectivity index (χ1v) is 0. The van der Waals surface area contributed by atoms with E-state index in [1.165, 1.54) is 0 Å². The molecule has 17 heteroatoms. The van der Waals surface area contributed by atoms with Crippen LogP contribution in [0.15, 0.2) is 0 Å². The molecule has 0 N–H and O–H groups in total. The van der Waals surface area contributed by atoms with Gasteiger partial charge in [0.15, 0.2) is 0 Å². The summed E-state index contributed by atoms with van der Waals surface area (Å²) in [6.45, 7) is 0. The molecule has 0 saturated carbocycles. The second-order valence-corrected chi connectivity index (χ2v) is 0. The second kappa shape index (κ2) is 117. The van der Waals surface area contributed by atoms with Gasteiger partial charge < -0.3 is 0 Å². The van der Waals surface area contributed by atoms with Crippen molar-refractivity contribution < 1.29 is 0 Å². The van der Waals surface area contributed by atoms with E-state index in [0.29, 0.717) is 0 Å². The number of hydrogen-bond acceptors (Lipinski definition) is 0. The zero-order chi connectivity index (χ0) is 0. The summed E-state index contributed by atoms with van der Waals surface area (Å²) < 4.78 is 0. The van der Waals surface area contributed by atoms with Crippen LogP contribution >= 0.6 is 0 Å². The van der Waals surface area contributed by atoms with Crippen LogP contribution in [0, 0.1) is 0 Å². The quantitative estimate of drug-likeness (QED) is 0.361. The first-order valence-electron chi connectivity index (χ1n) is 0. The zero-order valence-electron chi connectivity index (χ0n) is 17.0. The van der Waals surface area contributed by atoms with E-state index in [0.717, 1.165) is 0 Å². The summed E-state index contributed by atoms with van der Waals surface area (Å²) in [6.07, 6.45) is 0. The molecule has 0 saturated heterocycles. The van der Waals surface area contributed by atoms with E-state index < -0.39 is 0 Å². The molecule has 0 nitrogen and oxygen atoms in total. The molecule has 0 aliphatic rings. The minimum Gasteiger partial charge on any atom is 0 e. The second-order valence-electron chi connectivity index (χ2n) is 0. The van der Waals surface area contributed by atoms with Gasteiger partial charge in [0.05, 0.1) is 0 Å². The fourth-order valence-corrected chi connectivity index (χ4v) is 0. The van der Waals surface area contributed by atoms with E-state index in [4.69, 9.17) is 0 Å². The molecule has 0 rings (SSSR count). The SMILES string of the molecule is [Na].[Na].[Na].[Na].[Na].[Na].[Na].[Na].[Na].[Na].[Na].[Na].[Na].[Na].[Na].[Na].[Na]. The summed E-state index contributed by atoms with van der Waals surface area (Å²) in [6, 6.07) is 0. The van der Waals surface area contributed by atoms with Crippen molar-refractivity contribution in [1.29, 1.82) is 0 Å². The molecule has 0 spiro atoms. The summed E-state index contributed by atoms with van der Waals surface area (Å²) >= 11 is 0. The molecule has 0 aromatic carbocycles. The molecule has 17 radical (unpaired) electrons. The summed E-state index contributed by atoms with van der Waals surface area (Å²) in [4.78, 5) is 0. The van der Waals surface area contributed by atoms with Gasteiger partial charge in [-0.05, 0) is 0 Å². The summed E-state index contributed by atoms with van der Waals surface area (Å²) in [7, 11) is 0. The maximum absolute atomic E-state index is 0. The van der Waals surface area contributed by atoms with Gasteiger partial charge >= 0.3 is 0 Å². The normalized spacial score (nSPS) is 0. The zero-order valence-corrected chi connectivity index (χ0v) is 51.0. The van der Waals surface area contributed by atoms with E-state index in [1.807, 2.05) is 0 Å². The molecular weight excluding hydrogens is 391 g/mol. The van der Waals surface area contributed by atoms with Crippen molar-refractivity contribution in [2.75, 3.05) is 0 Å². The van der Waals surface area contributed by atoms with Crippen molar-refractivity contribution in [2.24, 2.45) is 0 Å². The summed E-state index contributed by atoms with van der Waals surface area (Å²) in [5, 5.41) is 0. The van der Waals surface area contributed by atoms with Gasteiger partial charge in [0.2, 0.25) is 0 Å². The Morgan fingerprint density at radius 3 is 0.0588 bits per heavy atom. The van der Waals surface area contributed by atoms with Gasteiger partial charge in [-0.1, -0.05) is 0 Å². The Morgan fingerprint density at radius 2 is 0.0588 bits per heavy atom. The average molecular weight is 391 g/mol. The Labute approximate surface area is 484 Å². The third kappa shape index (κ3) is 110. The van der Waals surface area contributed by atoms with Crippen LogP contribution in [0.25, 0.3) is 0 Å². The van der Waals surface area contributed by atoms with E-state index in [-0.39, 0.29) is 502 Å². The van der Waals surface area contributed by atoms with Crippen LogP contribution < -0.4 is 0 Å². The average Bonchev–Trinajstić information content (AvgIpc) is 0. The van der Waals surface area contributed by atoms with Crippen molar-refractivity contribution in [2.45, 2.75) is 0 Å². The molecule has 0 fully saturated rings. The molecule has 0 aromatic heterocycles. The van der Waals surface area contributed by atoms with Crippen LogP contribution in [0.3, 0.4) is 0 Å². The molecule has 0 aliphatic heterocycles. The van der Waals surface area contributed by atoms with Crippen LogP contribution in [0.2, 0.25) is 0 Å². The maximum atomic E-state index is 0. The monoisotopic (exact) mass is 391 g/mol. The van der Waals surface area contributed by atoms with Crippen molar-refractivity contribution in [3.8, 4) is 0 Å². The van der Waals surface area contributed by atoms with Gasteiger partial charge in [-0.2, -0.15) is 0 Å². The fourth-order valence-electron chi connectivity index (χ4n) is 0. The predicted octanol–water partition coefficient (Wildman–Crippen LogP) is -6.47. The first kappa shape index (κ1) is 128. The maximum Gasteiger partial charge on any atom is 0 e. The van der Waals surface area contributed by atoms with E-state index in [2.05, 4.69) is 0 Å². The first-order chi connectivity index (χ1) is 0. The Kier molecular flexibility index (Phi) is 881. The largest absolute Gasteiger partial charge is 0 e. The molecule has 0 aliphatic carbocycles. The minimum absolute atomic E-state index is 0. The standard InChI is InChI=1S/17Na. The molecule has 0 bridgehead atoms. The van der Waals surface area contributed by atoms with Crippen LogP contribution in [-0.4, -0.2) is 502 Å². The summed E-state index contributed by atoms with van der Waals surface area (Å²) in [5.41, 5.74) is 0. The van der Waals surface area contributed by atoms with Crippen LogP contribution in [0.5, 0.6) is 0 Å². The van der Waals surface area contributed by atoms with Crippen molar-refractivity contribution in [3.63, 3.8) is 0 Å². The number of rotatable bonds is 0. The molecule has 17 valence electrons. The molecular formula is Na17. The molecule has 0 heterocycles. The van der Waals surface area contributed by atoms with Crippen LogP contribution in [-0.2, 0) is 0 Å². The van der Waals surface area contributed by atoms with Gasteiger partial charge in [-0.25, -0.2) is 0 Å². The Hall–Kier alpha value is 17.0. The number of hydrogen-bond donors (Lipinski definition) is 0. The fraction of sp³-hybridized carbons (Fsp3) is 0. The third-order valence-electron chi connectivity index (χ3n) is 0. The van der Waals surface area contributed by atoms with Crippen LogP contribution in [0.4, 0.5) is 0 Å². The van der Waals surface area contributed by atoms with Crippen LogP contribution in [0.1, 0.15) is 0 Å². The molecule has 0 unspecified atom stereocenters. The Bertz CT molecular complexity index is 0. The smallest absolute Gasteiger partial charge is 0 e. The molecule has 0 atom stereocenters. The predicted molar refractivity (Wildman–Crippen MR) is 97.8 cm³/mol. The van der Waals surface area contributed by atoms with Gasteiger partial charge in [-0.15, -0.1) is 0 Å². The molecule has 0 amide bonds.